The molecule has 0 bridgehead atoms. The molecule has 1 heterocycles. The minimum absolute atomic E-state index is 0.0970. The molecule has 1 N–H and O–H groups in total. The summed E-state index contributed by atoms with van der Waals surface area (Å²) in [6, 6.07) is 9.46. The smallest absolute Gasteiger partial charge is 0.265 e. The van der Waals surface area contributed by atoms with Crippen LogP contribution in [-0.2, 0) is 0 Å². The molecule has 0 fully saturated rings. The number of nitrogens with one attached hydrogen (secondary N) is 1. The van der Waals surface area contributed by atoms with Crippen LogP contribution in [0.1, 0.15) is 28.6 Å². The number of amides is 1. The summed E-state index contributed by atoms with van der Waals surface area (Å²) in [6.07, 6.45) is 0.937. The van der Waals surface area contributed by atoms with Gasteiger partial charge in [-0.25, -0.2) is 0 Å². The maximum absolute atomic E-state index is 12.0. The van der Waals surface area contributed by atoms with E-state index in [0.717, 1.165) is 23.4 Å². The number of anilines is 1. The molecule has 4 heteroatoms. The zero-order valence-corrected chi connectivity index (χ0v) is 11.9. The molecule has 1 aromatic heterocycles. The van der Waals surface area contributed by atoms with E-state index in [2.05, 4.69) is 12.2 Å². The van der Waals surface area contributed by atoms with Gasteiger partial charge in [-0.1, -0.05) is 19.1 Å². The van der Waals surface area contributed by atoms with Gasteiger partial charge in [0.15, 0.2) is 0 Å². The van der Waals surface area contributed by atoms with E-state index in [9.17, 15) is 4.79 Å². The summed E-state index contributed by atoms with van der Waals surface area (Å²) in [5, 5.41) is 4.78. The highest BCUT2D eigenvalue weighted by Gasteiger charge is 2.10. The molecule has 0 aliphatic rings. The molecule has 100 valence electrons. The van der Waals surface area contributed by atoms with Crippen molar-refractivity contribution in [3.05, 3.63) is 46.2 Å². The Balaban J connectivity index is 2.17. The number of rotatable bonds is 5. The molecule has 1 amide bonds. The van der Waals surface area contributed by atoms with E-state index in [1.54, 1.807) is 6.07 Å². The van der Waals surface area contributed by atoms with Crippen molar-refractivity contribution in [3.63, 3.8) is 0 Å². The summed E-state index contributed by atoms with van der Waals surface area (Å²) in [6.45, 7) is 4.70. The fourth-order valence-electron chi connectivity index (χ4n) is 1.66. The number of carbonyl (C=O) groups excluding carboxylic acids is 1. The van der Waals surface area contributed by atoms with Crippen molar-refractivity contribution in [2.75, 3.05) is 11.9 Å². The van der Waals surface area contributed by atoms with Crippen LogP contribution in [0.3, 0.4) is 0 Å². The lowest BCUT2D eigenvalue weighted by Gasteiger charge is -2.12. The van der Waals surface area contributed by atoms with Gasteiger partial charge < -0.3 is 10.1 Å². The second-order valence-electron chi connectivity index (χ2n) is 4.28. The highest BCUT2D eigenvalue weighted by atomic mass is 32.1. The molecule has 0 saturated carbocycles. The lowest BCUT2D eigenvalue weighted by Crippen LogP contribution is -2.11. The summed E-state index contributed by atoms with van der Waals surface area (Å²) in [5.74, 6) is 0.631. The lowest BCUT2D eigenvalue weighted by molar-refractivity contribution is 0.103. The summed E-state index contributed by atoms with van der Waals surface area (Å²) in [4.78, 5) is 12.7. The average Bonchev–Trinajstić information content (AvgIpc) is 2.93. The van der Waals surface area contributed by atoms with E-state index in [-0.39, 0.29) is 5.91 Å². The SMILES string of the molecule is CCCOc1cc(C)ccc1NC(=O)c1cccs1. The van der Waals surface area contributed by atoms with E-state index in [4.69, 9.17) is 4.74 Å². The first-order chi connectivity index (χ1) is 9.20. The number of ether oxygens (including phenoxy) is 1. The van der Waals surface area contributed by atoms with E-state index in [1.165, 1.54) is 11.3 Å². The summed E-state index contributed by atoms with van der Waals surface area (Å²) in [7, 11) is 0. The van der Waals surface area contributed by atoms with Crippen LogP contribution in [0.25, 0.3) is 0 Å². The van der Waals surface area contributed by atoms with E-state index in [0.29, 0.717) is 11.5 Å². The van der Waals surface area contributed by atoms with Crippen LogP contribution in [0.2, 0.25) is 0 Å². The number of benzene rings is 1. The highest BCUT2D eigenvalue weighted by molar-refractivity contribution is 7.12. The molecule has 0 atom stereocenters. The third-order valence-electron chi connectivity index (χ3n) is 2.59. The largest absolute Gasteiger partial charge is 0.491 e. The molecule has 0 saturated heterocycles. The molecule has 0 radical (unpaired) electrons. The Morgan fingerprint density at radius 3 is 2.89 bits per heavy atom. The molecule has 2 aromatic rings. The standard InChI is InChI=1S/C15H17NO2S/c1-3-8-18-13-10-11(2)6-7-12(13)16-15(17)14-5-4-9-19-14/h4-7,9-10H,3,8H2,1-2H3,(H,16,17). The van der Waals surface area contributed by atoms with Crippen molar-refractivity contribution < 1.29 is 9.53 Å². The highest BCUT2D eigenvalue weighted by Crippen LogP contribution is 2.26. The third-order valence-corrected chi connectivity index (χ3v) is 3.46. The van der Waals surface area contributed by atoms with Gasteiger partial charge in [0.2, 0.25) is 0 Å². The van der Waals surface area contributed by atoms with Gasteiger partial charge in [-0.2, -0.15) is 0 Å². The molecule has 3 nitrogen and oxygen atoms in total. The van der Waals surface area contributed by atoms with Gasteiger partial charge in [-0.05, 0) is 42.5 Å². The second-order valence-corrected chi connectivity index (χ2v) is 5.23. The molecule has 2 rings (SSSR count). The van der Waals surface area contributed by atoms with Crippen LogP contribution in [0.15, 0.2) is 35.7 Å². The Kier molecular flexibility index (Phi) is 4.58. The first-order valence-corrected chi connectivity index (χ1v) is 7.17. The van der Waals surface area contributed by atoms with Crippen LogP contribution in [0.5, 0.6) is 5.75 Å². The quantitative estimate of drug-likeness (QED) is 0.892. The minimum atomic E-state index is -0.0970. The fraction of sp³-hybridized carbons (Fsp3) is 0.267. The normalized spacial score (nSPS) is 10.2. The summed E-state index contributed by atoms with van der Waals surface area (Å²) < 4.78 is 5.67. The number of aryl methyl sites for hydroxylation is 1. The van der Waals surface area contributed by atoms with E-state index in [1.807, 2.05) is 36.6 Å². The molecular weight excluding hydrogens is 258 g/mol. The lowest BCUT2D eigenvalue weighted by atomic mass is 10.2. The zero-order chi connectivity index (χ0) is 13.7. The number of thiophene rings is 1. The maximum atomic E-state index is 12.0. The predicted octanol–water partition coefficient (Wildman–Crippen LogP) is 4.10. The van der Waals surface area contributed by atoms with E-state index < -0.39 is 0 Å². The average molecular weight is 275 g/mol. The Bertz CT molecular complexity index is 549. The minimum Gasteiger partial charge on any atom is -0.491 e. The zero-order valence-electron chi connectivity index (χ0n) is 11.1. The number of hydrogen-bond acceptors (Lipinski definition) is 3. The number of hydrogen-bond donors (Lipinski definition) is 1. The van der Waals surface area contributed by atoms with Crippen LogP contribution in [-0.4, -0.2) is 12.5 Å². The van der Waals surface area contributed by atoms with E-state index >= 15 is 0 Å². The first kappa shape index (κ1) is 13.6. The Morgan fingerprint density at radius 1 is 1.37 bits per heavy atom. The molecule has 0 aliphatic heterocycles. The molecule has 0 unspecified atom stereocenters. The van der Waals surface area contributed by atoms with Crippen molar-refractivity contribution in [3.8, 4) is 5.75 Å². The molecule has 0 spiro atoms. The summed E-state index contributed by atoms with van der Waals surface area (Å²) in [5.41, 5.74) is 1.83. The van der Waals surface area contributed by atoms with Crippen LogP contribution in [0, 0.1) is 6.92 Å². The molecular formula is C15H17NO2S. The Labute approximate surface area is 117 Å². The van der Waals surface area contributed by atoms with Gasteiger partial charge in [-0.15, -0.1) is 11.3 Å². The topological polar surface area (TPSA) is 38.3 Å². The maximum Gasteiger partial charge on any atom is 0.265 e. The van der Waals surface area contributed by atoms with Crippen molar-refractivity contribution >= 4 is 22.9 Å². The summed E-state index contributed by atoms with van der Waals surface area (Å²) >= 11 is 1.42. The fourth-order valence-corrected chi connectivity index (χ4v) is 2.27. The molecule has 1 aromatic carbocycles. The Hall–Kier alpha value is -1.81. The van der Waals surface area contributed by atoms with Gasteiger partial charge in [0.05, 0.1) is 17.2 Å². The first-order valence-electron chi connectivity index (χ1n) is 6.29. The van der Waals surface area contributed by atoms with Gasteiger partial charge in [0.25, 0.3) is 5.91 Å². The van der Waals surface area contributed by atoms with Gasteiger partial charge >= 0.3 is 0 Å². The van der Waals surface area contributed by atoms with Crippen molar-refractivity contribution in [2.24, 2.45) is 0 Å². The monoisotopic (exact) mass is 275 g/mol. The molecule has 0 aliphatic carbocycles. The predicted molar refractivity (Wildman–Crippen MR) is 79.2 cm³/mol. The molecule has 19 heavy (non-hydrogen) atoms. The van der Waals surface area contributed by atoms with Crippen LogP contribution < -0.4 is 10.1 Å². The van der Waals surface area contributed by atoms with Crippen LogP contribution >= 0.6 is 11.3 Å². The number of carbonyl (C=O) groups is 1. The van der Waals surface area contributed by atoms with Gasteiger partial charge in [0.1, 0.15) is 5.75 Å². The van der Waals surface area contributed by atoms with Gasteiger partial charge in [-0.3, -0.25) is 4.79 Å². The Morgan fingerprint density at radius 2 is 2.21 bits per heavy atom. The van der Waals surface area contributed by atoms with Crippen LogP contribution in [0.4, 0.5) is 5.69 Å². The third kappa shape index (κ3) is 3.58. The van der Waals surface area contributed by atoms with Crippen molar-refractivity contribution in [1.82, 2.24) is 0 Å². The van der Waals surface area contributed by atoms with Crippen molar-refractivity contribution in [2.45, 2.75) is 20.3 Å². The van der Waals surface area contributed by atoms with Gasteiger partial charge in [0, 0.05) is 0 Å². The van der Waals surface area contributed by atoms with Crippen molar-refractivity contribution in [1.29, 1.82) is 0 Å². The second kappa shape index (κ2) is 6.38.